The molecule has 0 saturated carbocycles. The van der Waals surface area contributed by atoms with Gasteiger partial charge in [0.15, 0.2) is 5.78 Å². The number of amides is 1. The molecule has 0 aliphatic carbocycles. The van der Waals surface area contributed by atoms with Crippen molar-refractivity contribution in [2.75, 3.05) is 13.1 Å². The van der Waals surface area contributed by atoms with Crippen LogP contribution >= 0.6 is 0 Å². The van der Waals surface area contributed by atoms with Crippen molar-refractivity contribution in [2.45, 2.75) is 33.6 Å². The topological polar surface area (TPSA) is 37.4 Å². The Morgan fingerprint density at radius 1 is 1.15 bits per heavy atom. The summed E-state index contributed by atoms with van der Waals surface area (Å²) in [5.41, 5.74) is 0.375. The number of hydrogen-bond acceptors (Lipinski definition) is 2. The van der Waals surface area contributed by atoms with Crippen LogP contribution in [0.2, 0.25) is 0 Å². The molecule has 1 aliphatic heterocycles. The summed E-state index contributed by atoms with van der Waals surface area (Å²) in [5, 5.41) is 0. The largest absolute Gasteiger partial charge is 0.342 e. The summed E-state index contributed by atoms with van der Waals surface area (Å²) in [5.74, 6) is 0.248. The molecule has 1 aromatic carbocycles. The highest BCUT2D eigenvalue weighted by atomic mass is 16.2. The highest BCUT2D eigenvalue weighted by Crippen LogP contribution is 2.25. The fraction of sp³-hybridized carbons (Fsp3) is 0.529. The highest BCUT2D eigenvalue weighted by molar-refractivity contribution is 5.98. The van der Waals surface area contributed by atoms with Crippen molar-refractivity contribution in [1.82, 2.24) is 4.90 Å². The number of likely N-dealkylation sites (tertiary alicyclic amines) is 1. The van der Waals surface area contributed by atoms with Gasteiger partial charge in [0.25, 0.3) is 0 Å². The number of Topliss-reactive ketones (excluding diaryl/α,β-unsaturated/α-hetero) is 1. The van der Waals surface area contributed by atoms with Gasteiger partial charge in [-0.1, -0.05) is 51.1 Å². The van der Waals surface area contributed by atoms with E-state index in [-0.39, 0.29) is 23.0 Å². The van der Waals surface area contributed by atoms with Gasteiger partial charge in [0.1, 0.15) is 0 Å². The average molecular weight is 273 g/mol. The maximum atomic E-state index is 12.5. The quantitative estimate of drug-likeness (QED) is 0.776. The number of hydrogen-bond donors (Lipinski definition) is 0. The van der Waals surface area contributed by atoms with Crippen LogP contribution in [0.25, 0.3) is 0 Å². The first kappa shape index (κ1) is 14.8. The van der Waals surface area contributed by atoms with Gasteiger partial charge in [-0.15, -0.1) is 0 Å². The molecular formula is C17H23NO2. The van der Waals surface area contributed by atoms with Crippen molar-refractivity contribution in [2.24, 2.45) is 11.3 Å². The third-order valence-corrected chi connectivity index (χ3v) is 3.78. The molecule has 108 valence electrons. The maximum Gasteiger partial charge on any atom is 0.227 e. The van der Waals surface area contributed by atoms with Crippen LogP contribution in [-0.2, 0) is 4.79 Å². The van der Waals surface area contributed by atoms with Gasteiger partial charge >= 0.3 is 0 Å². The molecule has 0 bridgehead atoms. The normalized spacial score (nSPS) is 19.8. The van der Waals surface area contributed by atoms with Gasteiger partial charge < -0.3 is 4.90 Å². The monoisotopic (exact) mass is 273 g/mol. The molecule has 1 saturated heterocycles. The number of nitrogens with zero attached hydrogens (tertiary/aromatic N) is 1. The van der Waals surface area contributed by atoms with Gasteiger partial charge in [-0.05, 0) is 12.8 Å². The van der Waals surface area contributed by atoms with Gasteiger partial charge in [0, 0.05) is 30.0 Å². The number of piperidine rings is 1. The van der Waals surface area contributed by atoms with Crippen molar-refractivity contribution < 1.29 is 9.59 Å². The van der Waals surface area contributed by atoms with Crippen LogP contribution in [0.5, 0.6) is 0 Å². The first-order valence-corrected chi connectivity index (χ1v) is 7.28. The molecule has 1 heterocycles. The number of carbonyl (C=O) groups excluding carboxylic acids is 2. The molecule has 1 unspecified atom stereocenters. The summed E-state index contributed by atoms with van der Waals surface area (Å²) in [6.45, 7) is 7.12. The first-order valence-electron chi connectivity index (χ1n) is 7.28. The molecule has 1 aliphatic rings. The van der Waals surface area contributed by atoms with E-state index in [4.69, 9.17) is 0 Å². The second-order valence-corrected chi connectivity index (χ2v) is 6.57. The molecule has 3 heteroatoms. The molecule has 0 radical (unpaired) electrons. The zero-order chi connectivity index (χ0) is 14.8. The maximum absolute atomic E-state index is 12.5. The van der Waals surface area contributed by atoms with E-state index in [1.807, 2.05) is 56.0 Å². The Kier molecular flexibility index (Phi) is 4.26. The lowest BCUT2D eigenvalue weighted by Crippen LogP contribution is -2.46. The number of carbonyl (C=O) groups is 2. The van der Waals surface area contributed by atoms with Crippen LogP contribution in [0.4, 0.5) is 0 Å². The summed E-state index contributed by atoms with van der Waals surface area (Å²) in [7, 11) is 0. The second kappa shape index (κ2) is 5.78. The number of benzene rings is 1. The van der Waals surface area contributed by atoms with Gasteiger partial charge in [0.05, 0.1) is 0 Å². The molecule has 0 N–H and O–H groups in total. The van der Waals surface area contributed by atoms with Gasteiger partial charge in [0.2, 0.25) is 5.91 Å². The minimum atomic E-state index is -0.377. The van der Waals surface area contributed by atoms with Crippen molar-refractivity contribution >= 4 is 11.7 Å². The highest BCUT2D eigenvalue weighted by Gasteiger charge is 2.33. The lowest BCUT2D eigenvalue weighted by Gasteiger charge is -2.36. The molecule has 0 spiro atoms. The molecule has 1 fully saturated rings. The van der Waals surface area contributed by atoms with E-state index in [1.165, 1.54) is 0 Å². The van der Waals surface area contributed by atoms with Crippen LogP contribution in [0, 0.1) is 11.3 Å². The van der Waals surface area contributed by atoms with E-state index >= 15 is 0 Å². The summed E-state index contributed by atoms with van der Waals surface area (Å²) in [6, 6.07) is 9.38. The average Bonchev–Trinajstić information content (AvgIpc) is 2.46. The van der Waals surface area contributed by atoms with Gasteiger partial charge in [-0.2, -0.15) is 0 Å². The Morgan fingerprint density at radius 2 is 1.80 bits per heavy atom. The van der Waals surface area contributed by atoms with Crippen molar-refractivity contribution in [3.63, 3.8) is 0 Å². The zero-order valence-corrected chi connectivity index (χ0v) is 12.6. The van der Waals surface area contributed by atoms with Crippen LogP contribution in [0.15, 0.2) is 30.3 Å². The van der Waals surface area contributed by atoms with Gasteiger partial charge in [-0.3, -0.25) is 9.59 Å². The molecule has 20 heavy (non-hydrogen) atoms. The molecule has 0 aromatic heterocycles. The third kappa shape index (κ3) is 3.27. The Hall–Kier alpha value is -1.64. The summed E-state index contributed by atoms with van der Waals surface area (Å²) in [4.78, 5) is 26.7. The summed E-state index contributed by atoms with van der Waals surface area (Å²) < 4.78 is 0. The van der Waals surface area contributed by atoms with E-state index in [2.05, 4.69) is 0 Å². The van der Waals surface area contributed by atoms with E-state index in [0.29, 0.717) is 6.54 Å². The van der Waals surface area contributed by atoms with E-state index < -0.39 is 0 Å². The Labute approximate surface area is 121 Å². The predicted molar refractivity (Wildman–Crippen MR) is 79.5 cm³/mol. The smallest absolute Gasteiger partial charge is 0.227 e. The van der Waals surface area contributed by atoms with E-state index in [9.17, 15) is 9.59 Å². The lowest BCUT2D eigenvalue weighted by molar-refractivity contribution is -0.140. The Bertz CT molecular complexity index is 487. The van der Waals surface area contributed by atoms with Crippen LogP contribution in [0.1, 0.15) is 44.0 Å². The summed E-state index contributed by atoms with van der Waals surface area (Å²) >= 11 is 0. The molecule has 3 nitrogen and oxygen atoms in total. The van der Waals surface area contributed by atoms with Crippen molar-refractivity contribution in [1.29, 1.82) is 0 Å². The van der Waals surface area contributed by atoms with E-state index in [0.717, 1.165) is 24.9 Å². The Balaban J connectivity index is 2.08. The SMILES string of the molecule is CC(C)(C)C(=O)N1CCCC(C(=O)c2ccccc2)C1. The van der Waals surface area contributed by atoms with Crippen LogP contribution in [-0.4, -0.2) is 29.7 Å². The van der Waals surface area contributed by atoms with Crippen LogP contribution in [0.3, 0.4) is 0 Å². The minimum absolute atomic E-state index is 0.0579. The second-order valence-electron chi connectivity index (χ2n) is 6.57. The van der Waals surface area contributed by atoms with Crippen molar-refractivity contribution in [3.05, 3.63) is 35.9 Å². The molecule has 2 rings (SSSR count). The van der Waals surface area contributed by atoms with Crippen LogP contribution < -0.4 is 0 Å². The molecular weight excluding hydrogens is 250 g/mol. The molecule has 1 amide bonds. The fourth-order valence-electron chi connectivity index (χ4n) is 2.69. The zero-order valence-electron chi connectivity index (χ0n) is 12.6. The lowest BCUT2D eigenvalue weighted by atomic mass is 9.87. The first-order chi connectivity index (χ1) is 9.39. The minimum Gasteiger partial charge on any atom is -0.342 e. The van der Waals surface area contributed by atoms with Crippen molar-refractivity contribution in [3.8, 4) is 0 Å². The number of rotatable bonds is 2. The molecule has 1 aromatic rings. The molecule has 1 atom stereocenters. The standard InChI is InChI=1S/C17H23NO2/c1-17(2,3)16(20)18-11-7-10-14(12-18)15(19)13-8-5-4-6-9-13/h4-6,8-9,14H,7,10-12H2,1-3H3. The van der Waals surface area contributed by atoms with E-state index in [1.54, 1.807) is 0 Å². The third-order valence-electron chi connectivity index (χ3n) is 3.78. The predicted octanol–water partition coefficient (Wildman–Crippen LogP) is 3.15. The number of ketones is 1. The fourth-order valence-corrected chi connectivity index (χ4v) is 2.69. The summed E-state index contributed by atoms with van der Waals surface area (Å²) in [6.07, 6.45) is 1.78. The van der Waals surface area contributed by atoms with Gasteiger partial charge in [-0.25, -0.2) is 0 Å². The Morgan fingerprint density at radius 3 is 2.40 bits per heavy atom.